The zero-order chi connectivity index (χ0) is 12.8. The molecule has 0 aliphatic rings. The van der Waals surface area contributed by atoms with Gasteiger partial charge in [-0.25, -0.2) is 0 Å². The maximum absolute atomic E-state index is 12.7. The monoisotopic (exact) mass is 263 g/mol. The number of halogens is 1. The van der Waals surface area contributed by atoms with Gasteiger partial charge in [-0.1, -0.05) is 30.3 Å². The molecule has 1 aromatic carbocycles. The Morgan fingerprint density at radius 3 is 2.61 bits per heavy atom. The third kappa shape index (κ3) is 3.74. The summed E-state index contributed by atoms with van der Waals surface area (Å²) in [5.74, 6) is 1.20. The number of benzene rings is 1. The van der Waals surface area contributed by atoms with Crippen LogP contribution in [0, 0.1) is 5.95 Å². The second-order valence-corrected chi connectivity index (χ2v) is 5.05. The number of nitrogens with one attached hydrogen (secondary N) is 1. The molecule has 4 heteroatoms. The van der Waals surface area contributed by atoms with E-state index in [0.29, 0.717) is 12.0 Å². The normalized spacial score (nSPS) is 10.5. The third-order valence-corrected chi connectivity index (χ3v) is 3.61. The Bertz CT molecular complexity index is 553. The predicted octanol–water partition coefficient (Wildman–Crippen LogP) is 2.99. The van der Waals surface area contributed by atoms with E-state index in [9.17, 15) is 9.18 Å². The highest BCUT2D eigenvalue weighted by Gasteiger charge is 2.01. The highest BCUT2D eigenvalue weighted by atomic mass is 32.2. The van der Waals surface area contributed by atoms with E-state index in [1.807, 2.05) is 18.2 Å². The van der Waals surface area contributed by atoms with Crippen LogP contribution in [0.15, 0.2) is 47.3 Å². The Hall–Kier alpha value is -1.55. The second kappa shape index (κ2) is 6.40. The minimum atomic E-state index is -0.583. The van der Waals surface area contributed by atoms with Gasteiger partial charge < -0.3 is 0 Å². The molecule has 0 spiro atoms. The summed E-state index contributed by atoms with van der Waals surface area (Å²) in [5.41, 5.74) is 1.59. The smallest absolute Gasteiger partial charge is 0.253 e. The molecule has 0 saturated carbocycles. The van der Waals surface area contributed by atoms with E-state index in [-0.39, 0.29) is 5.56 Å². The largest absolute Gasteiger partial charge is 0.299 e. The molecule has 1 heterocycles. The molecule has 2 rings (SSSR count). The first kappa shape index (κ1) is 12.9. The van der Waals surface area contributed by atoms with Gasteiger partial charge in [0.2, 0.25) is 0 Å². The van der Waals surface area contributed by atoms with Crippen LogP contribution in [0.4, 0.5) is 4.39 Å². The van der Waals surface area contributed by atoms with Gasteiger partial charge in [-0.3, -0.25) is 9.78 Å². The van der Waals surface area contributed by atoms with Crippen LogP contribution in [-0.2, 0) is 12.2 Å². The van der Waals surface area contributed by atoms with E-state index in [1.54, 1.807) is 17.8 Å². The first-order chi connectivity index (χ1) is 8.75. The highest BCUT2D eigenvalue weighted by molar-refractivity contribution is 7.98. The molecule has 0 aliphatic carbocycles. The van der Waals surface area contributed by atoms with Crippen LogP contribution in [0.25, 0.3) is 0 Å². The summed E-state index contributed by atoms with van der Waals surface area (Å²) < 4.78 is 12.7. The standard InChI is InChI=1S/C14H14FNOS/c15-13-7-6-12(14(17)16-13)8-9-18-10-11-4-2-1-3-5-11/h1-7H,8-10H2,(H,16,17). The maximum atomic E-state index is 12.7. The van der Waals surface area contributed by atoms with Crippen molar-refractivity contribution in [2.75, 3.05) is 5.75 Å². The van der Waals surface area contributed by atoms with Gasteiger partial charge in [-0.2, -0.15) is 16.2 Å². The van der Waals surface area contributed by atoms with E-state index >= 15 is 0 Å². The van der Waals surface area contributed by atoms with Gasteiger partial charge >= 0.3 is 0 Å². The lowest BCUT2D eigenvalue weighted by Crippen LogP contribution is -2.14. The molecule has 0 radical (unpaired) electrons. The molecule has 0 unspecified atom stereocenters. The SMILES string of the molecule is O=c1[nH]c(F)ccc1CCSCc1ccccc1. The molecule has 1 N–H and O–H groups in total. The molecule has 2 nitrogen and oxygen atoms in total. The van der Waals surface area contributed by atoms with Gasteiger partial charge in [0, 0.05) is 11.3 Å². The van der Waals surface area contributed by atoms with Gasteiger partial charge in [0.1, 0.15) is 0 Å². The summed E-state index contributed by atoms with van der Waals surface area (Å²) in [6.45, 7) is 0. The van der Waals surface area contributed by atoms with Gasteiger partial charge in [-0.15, -0.1) is 0 Å². The van der Waals surface area contributed by atoms with Crippen LogP contribution in [0.2, 0.25) is 0 Å². The number of hydrogen-bond donors (Lipinski definition) is 1. The molecule has 0 amide bonds. The van der Waals surface area contributed by atoms with Crippen molar-refractivity contribution in [1.82, 2.24) is 4.98 Å². The Morgan fingerprint density at radius 2 is 1.89 bits per heavy atom. The third-order valence-electron chi connectivity index (χ3n) is 2.58. The quantitative estimate of drug-likeness (QED) is 0.664. The van der Waals surface area contributed by atoms with Gasteiger partial charge in [0.15, 0.2) is 5.95 Å². The predicted molar refractivity (Wildman–Crippen MR) is 73.3 cm³/mol. The number of aromatic nitrogens is 1. The fourth-order valence-corrected chi connectivity index (χ4v) is 2.56. The van der Waals surface area contributed by atoms with Gasteiger partial charge in [0.25, 0.3) is 5.56 Å². The molecular weight excluding hydrogens is 249 g/mol. The molecule has 2 aromatic rings. The van der Waals surface area contributed by atoms with E-state index in [1.165, 1.54) is 11.6 Å². The first-order valence-electron chi connectivity index (χ1n) is 5.75. The van der Waals surface area contributed by atoms with Gasteiger partial charge in [-0.05, 0) is 29.9 Å². The second-order valence-electron chi connectivity index (χ2n) is 3.95. The van der Waals surface area contributed by atoms with Crippen LogP contribution < -0.4 is 5.56 Å². The lowest BCUT2D eigenvalue weighted by molar-refractivity contribution is 0.577. The number of pyridine rings is 1. The van der Waals surface area contributed by atoms with Crippen molar-refractivity contribution in [1.29, 1.82) is 0 Å². The fraction of sp³-hybridized carbons (Fsp3) is 0.214. The number of thioether (sulfide) groups is 1. The summed E-state index contributed by atoms with van der Waals surface area (Å²) in [6, 6.07) is 13.0. The lowest BCUT2D eigenvalue weighted by atomic mass is 10.2. The summed E-state index contributed by atoms with van der Waals surface area (Å²) >= 11 is 1.77. The van der Waals surface area contributed by atoms with E-state index in [0.717, 1.165) is 11.5 Å². The van der Waals surface area contributed by atoms with E-state index < -0.39 is 5.95 Å². The number of aryl methyl sites for hydroxylation is 1. The lowest BCUT2D eigenvalue weighted by Gasteiger charge is -2.02. The zero-order valence-corrected chi connectivity index (χ0v) is 10.7. The number of rotatable bonds is 5. The number of hydrogen-bond acceptors (Lipinski definition) is 2. The minimum absolute atomic E-state index is 0.324. The Balaban J connectivity index is 1.80. The van der Waals surface area contributed by atoms with Crippen LogP contribution in [0.5, 0.6) is 0 Å². The molecular formula is C14H14FNOS. The molecule has 1 aromatic heterocycles. The molecule has 0 saturated heterocycles. The molecule has 0 fully saturated rings. The topological polar surface area (TPSA) is 32.9 Å². The molecule has 94 valence electrons. The summed E-state index contributed by atoms with van der Waals surface area (Å²) in [5, 5.41) is 0. The number of aromatic amines is 1. The van der Waals surface area contributed by atoms with Crippen LogP contribution in [-0.4, -0.2) is 10.7 Å². The molecule has 0 atom stereocenters. The Labute approximate surface area is 109 Å². The average Bonchev–Trinajstić information content (AvgIpc) is 2.38. The van der Waals surface area contributed by atoms with E-state index in [4.69, 9.17) is 0 Å². The van der Waals surface area contributed by atoms with E-state index in [2.05, 4.69) is 17.1 Å². The molecule has 0 aliphatic heterocycles. The van der Waals surface area contributed by atoms with Crippen LogP contribution in [0.3, 0.4) is 0 Å². The summed E-state index contributed by atoms with van der Waals surface area (Å²) in [4.78, 5) is 13.6. The first-order valence-corrected chi connectivity index (χ1v) is 6.90. The van der Waals surface area contributed by atoms with Gasteiger partial charge in [0.05, 0.1) is 0 Å². The maximum Gasteiger partial charge on any atom is 0.253 e. The van der Waals surface area contributed by atoms with Crippen LogP contribution >= 0.6 is 11.8 Å². The zero-order valence-electron chi connectivity index (χ0n) is 9.86. The van der Waals surface area contributed by atoms with Crippen molar-refractivity contribution in [2.45, 2.75) is 12.2 Å². The summed E-state index contributed by atoms with van der Waals surface area (Å²) in [6.07, 6.45) is 0.660. The molecule has 0 bridgehead atoms. The van der Waals surface area contributed by atoms with Crippen LogP contribution in [0.1, 0.15) is 11.1 Å². The average molecular weight is 263 g/mol. The Morgan fingerprint density at radius 1 is 1.11 bits per heavy atom. The van der Waals surface area contributed by atoms with Crippen molar-refractivity contribution >= 4 is 11.8 Å². The van der Waals surface area contributed by atoms with Crippen molar-refractivity contribution in [2.24, 2.45) is 0 Å². The van der Waals surface area contributed by atoms with Crippen molar-refractivity contribution in [3.05, 3.63) is 69.9 Å². The van der Waals surface area contributed by atoms with Crippen molar-refractivity contribution < 1.29 is 4.39 Å². The number of H-pyrrole nitrogens is 1. The minimum Gasteiger partial charge on any atom is -0.299 e. The fourth-order valence-electron chi connectivity index (χ4n) is 1.62. The van der Waals surface area contributed by atoms with Crippen molar-refractivity contribution in [3.8, 4) is 0 Å². The highest BCUT2D eigenvalue weighted by Crippen LogP contribution is 2.12. The summed E-state index contributed by atoms with van der Waals surface area (Å²) in [7, 11) is 0. The molecule has 18 heavy (non-hydrogen) atoms. The Kier molecular flexibility index (Phi) is 4.59. The van der Waals surface area contributed by atoms with Crippen molar-refractivity contribution in [3.63, 3.8) is 0 Å².